The Hall–Kier alpha value is -2.04. The molecule has 1 aromatic carbocycles. The summed E-state index contributed by atoms with van der Waals surface area (Å²) in [5.74, 6) is -0.649. The Morgan fingerprint density at radius 1 is 1.19 bits per heavy atom. The Kier molecular flexibility index (Phi) is 4.83. The second-order valence-corrected chi connectivity index (χ2v) is 5.92. The molecular weight excluding hydrogens is 268 g/mol. The fourth-order valence-electron chi connectivity index (χ4n) is 2.64. The first kappa shape index (κ1) is 15.4. The summed E-state index contributed by atoms with van der Waals surface area (Å²) in [5.41, 5.74) is 1.96. The molecule has 3 N–H and O–H groups in total. The Bertz CT molecular complexity index is 511. The van der Waals surface area contributed by atoms with Crippen LogP contribution < -0.4 is 10.6 Å². The van der Waals surface area contributed by atoms with Gasteiger partial charge in [-0.15, -0.1) is 0 Å². The Morgan fingerprint density at radius 3 is 2.38 bits per heavy atom. The number of hydrogen-bond donors (Lipinski definition) is 3. The summed E-state index contributed by atoms with van der Waals surface area (Å²) >= 11 is 0. The number of urea groups is 1. The molecule has 0 bridgehead atoms. The lowest BCUT2D eigenvalue weighted by molar-refractivity contribution is -0.141. The number of carbonyl (C=O) groups is 2. The Labute approximate surface area is 124 Å². The maximum absolute atomic E-state index is 11.9. The zero-order valence-corrected chi connectivity index (χ0v) is 12.4. The fraction of sp³-hybridized carbons (Fsp3) is 0.500. The first-order valence-corrected chi connectivity index (χ1v) is 7.36. The second-order valence-electron chi connectivity index (χ2n) is 5.92. The molecule has 0 unspecified atom stereocenters. The number of carboxylic acids is 1. The van der Waals surface area contributed by atoms with Crippen molar-refractivity contribution in [3.63, 3.8) is 0 Å². The number of amides is 2. The number of benzene rings is 1. The molecule has 0 aromatic heterocycles. The van der Waals surface area contributed by atoms with Crippen LogP contribution in [-0.4, -0.2) is 23.1 Å². The maximum atomic E-state index is 11.9. The van der Waals surface area contributed by atoms with Crippen LogP contribution in [0.5, 0.6) is 0 Å². The number of carboxylic acid groups (broad SMARTS) is 1. The van der Waals surface area contributed by atoms with Crippen LogP contribution in [0.4, 0.5) is 10.5 Å². The van der Waals surface area contributed by atoms with Crippen molar-refractivity contribution in [3.05, 3.63) is 29.8 Å². The number of carbonyl (C=O) groups excluding carboxylic acids is 1. The van der Waals surface area contributed by atoms with Crippen LogP contribution in [0.25, 0.3) is 0 Å². The number of hydrogen-bond acceptors (Lipinski definition) is 2. The summed E-state index contributed by atoms with van der Waals surface area (Å²) in [7, 11) is 0. The van der Waals surface area contributed by atoms with E-state index in [9.17, 15) is 9.59 Å². The first-order chi connectivity index (χ1) is 9.95. The number of aliphatic carboxylic acids is 1. The third-order valence-electron chi connectivity index (χ3n) is 3.95. The lowest BCUT2D eigenvalue weighted by Gasteiger charge is -2.14. The largest absolute Gasteiger partial charge is 0.481 e. The summed E-state index contributed by atoms with van der Waals surface area (Å²) in [6.45, 7) is 4.24. The van der Waals surface area contributed by atoms with E-state index >= 15 is 0 Å². The lowest BCUT2D eigenvalue weighted by atomic mass is 10.0. The SMILES string of the molecule is CC(C)c1ccc(NC(=O)N[C@H]2CC[C@@H](C(=O)O)C2)cc1. The molecule has 1 aromatic rings. The van der Waals surface area contributed by atoms with Gasteiger partial charge in [-0.1, -0.05) is 26.0 Å². The fourth-order valence-corrected chi connectivity index (χ4v) is 2.64. The summed E-state index contributed by atoms with van der Waals surface area (Å²) in [4.78, 5) is 22.8. The third-order valence-corrected chi connectivity index (χ3v) is 3.95. The summed E-state index contributed by atoms with van der Waals surface area (Å²) in [6.07, 6.45) is 1.86. The van der Waals surface area contributed by atoms with Gasteiger partial charge in [0.1, 0.15) is 0 Å². The molecule has 21 heavy (non-hydrogen) atoms. The van der Waals surface area contributed by atoms with E-state index in [2.05, 4.69) is 24.5 Å². The molecule has 5 nitrogen and oxygen atoms in total. The molecule has 2 rings (SSSR count). The van der Waals surface area contributed by atoms with E-state index in [1.165, 1.54) is 5.56 Å². The smallest absolute Gasteiger partial charge is 0.319 e. The number of anilines is 1. The van der Waals surface area contributed by atoms with Crippen molar-refractivity contribution in [2.24, 2.45) is 5.92 Å². The molecule has 0 radical (unpaired) electrons. The molecule has 2 amide bonds. The van der Waals surface area contributed by atoms with Crippen molar-refractivity contribution < 1.29 is 14.7 Å². The highest BCUT2D eigenvalue weighted by atomic mass is 16.4. The van der Waals surface area contributed by atoms with Gasteiger partial charge in [0.25, 0.3) is 0 Å². The third kappa shape index (κ3) is 4.21. The summed E-state index contributed by atoms with van der Waals surface area (Å²) in [6, 6.07) is 7.42. The number of rotatable bonds is 4. The van der Waals surface area contributed by atoms with E-state index in [-0.39, 0.29) is 18.0 Å². The zero-order chi connectivity index (χ0) is 15.4. The van der Waals surface area contributed by atoms with E-state index in [0.717, 1.165) is 12.1 Å². The van der Waals surface area contributed by atoms with Crippen LogP contribution in [0.15, 0.2) is 24.3 Å². The zero-order valence-electron chi connectivity index (χ0n) is 12.4. The second kappa shape index (κ2) is 6.61. The molecular formula is C16H22N2O3. The highest BCUT2D eigenvalue weighted by molar-refractivity contribution is 5.89. The van der Waals surface area contributed by atoms with Gasteiger partial charge in [-0.25, -0.2) is 4.79 Å². The first-order valence-electron chi connectivity index (χ1n) is 7.36. The van der Waals surface area contributed by atoms with E-state index in [4.69, 9.17) is 5.11 Å². The van der Waals surface area contributed by atoms with Crippen molar-refractivity contribution in [2.75, 3.05) is 5.32 Å². The van der Waals surface area contributed by atoms with Crippen LogP contribution in [0.1, 0.15) is 44.6 Å². The van der Waals surface area contributed by atoms with E-state index < -0.39 is 5.97 Å². The van der Waals surface area contributed by atoms with Crippen LogP contribution in [0.3, 0.4) is 0 Å². The molecule has 114 valence electrons. The molecule has 0 aliphatic heterocycles. The van der Waals surface area contributed by atoms with E-state index in [0.29, 0.717) is 18.8 Å². The molecule has 1 fully saturated rings. The van der Waals surface area contributed by atoms with Crippen LogP contribution in [0, 0.1) is 5.92 Å². The number of nitrogens with one attached hydrogen (secondary N) is 2. The minimum atomic E-state index is -0.774. The molecule has 1 saturated carbocycles. The summed E-state index contributed by atoms with van der Waals surface area (Å²) in [5, 5.41) is 14.6. The van der Waals surface area contributed by atoms with Gasteiger partial charge >= 0.3 is 12.0 Å². The van der Waals surface area contributed by atoms with E-state index in [1.807, 2.05) is 24.3 Å². The predicted octanol–water partition coefficient (Wildman–Crippen LogP) is 3.18. The van der Waals surface area contributed by atoms with Gasteiger partial charge in [-0.05, 0) is 42.9 Å². The van der Waals surface area contributed by atoms with Gasteiger partial charge in [0.15, 0.2) is 0 Å². The predicted molar refractivity (Wildman–Crippen MR) is 81.5 cm³/mol. The van der Waals surface area contributed by atoms with Gasteiger partial charge in [0, 0.05) is 11.7 Å². The van der Waals surface area contributed by atoms with E-state index in [1.54, 1.807) is 0 Å². The minimum Gasteiger partial charge on any atom is -0.481 e. The van der Waals surface area contributed by atoms with Gasteiger partial charge in [0.05, 0.1) is 5.92 Å². The molecule has 2 atom stereocenters. The van der Waals surface area contributed by atoms with Crippen molar-refractivity contribution in [3.8, 4) is 0 Å². The van der Waals surface area contributed by atoms with Crippen LogP contribution in [-0.2, 0) is 4.79 Å². The quantitative estimate of drug-likeness (QED) is 0.797. The average Bonchev–Trinajstić information content (AvgIpc) is 2.87. The van der Waals surface area contributed by atoms with Crippen molar-refractivity contribution in [1.82, 2.24) is 5.32 Å². The molecule has 1 aliphatic carbocycles. The Morgan fingerprint density at radius 2 is 1.86 bits per heavy atom. The lowest BCUT2D eigenvalue weighted by Crippen LogP contribution is -2.36. The van der Waals surface area contributed by atoms with Gasteiger partial charge in [0.2, 0.25) is 0 Å². The maximum Gasteiger partial charge on any atom is 0.319 e. The molecule has 0 spiro atoms. The monoisotopic (exact) mass is 290 g/mol. The summed E-state index contributed by atoms with van der Waals surface area (Å²) < 4.78 is 0. The van der Waals surface area contributed by atoms with Crippen LogP contribution >= 0.6 is 0 Å². The van der Waals surface area contributed by atoms with Crippen molar-refractivity contribution in [2.45, 2.75) is 45.1 Å². The standard InChI is InChI=1S/C16H22N2O3/c1-10(2)11-3-6-13(7-4-11)17-16(21)18-14-8-5-12(9-14)15(19)20/h3-4,6-7,10,12,14H,5,8-9H2,1-2H3,(H,19,20)(H2,17,18,21)/t12-,14+/m1/s1. The molecule has 0 heterocycles. The van der Waals surface area contributed by atoms with Gasteiger partial charge in [-0.3, -0.25) is 4.79 Å². The molecule has 5 heteroatoms. The molecule has 0 saturated heterocycles. The normalized spacial score (nSPS) is 21.3. The molecule has 1 aliphatic rings. The average molecular weight is 290 g/mol. The van der Waals surface area contributed by atoms with Crippen molar-refractivity contribution >= 4 is 17.7 Å². The van der Waals surface area contributed by atoms with Crippen molar-refractivity contribution in [1.29, 1.82) is 0 Å². The van der Waals surface area contributed by atoms with Gasteiger partial charge < -0.3 is 15.7 Å². The van der Waals surface area contributed by atoms with Crippen LogP contribution in [0.2, 0.25) is 0 Å². The highest BCUT2D eigenvalue weighted by Crippen LogP contribution is 2.25. The van der Waals surface area contributed by atoms with Gasteiger partial charge in [-0.2, -0.15) is 0 Å². The highest BCUT2D eigenvalue weighted by Gasteiger charge is 2.30. The minimum absolute atomic E-state index is 0.0546. The Balaban J connectivity index is 1.83. The topological polar surface area (TPSA) is 78.4 Å².